The highest BCUT2D eigenvalue weighted by Gasteiger charge is 2.22. The molecule has 0 radical (unpaired) electrons. The monoisotopic (exact) mass is 407 g/mol. The molecule has 1 aromatic heterocycles. The lowest BCUT2D eigenvalue weighted by Crippen LogP contribution is -2.29. The predicted octanol–water partition coefficient (Wildman–Crippen LogP) is 4.09. The number of aryl methyl sites for hydroxylation is 1. The van der Waals surface area contributed by atoms with Gasteiger partial charge < -0.3 is 10.4 Å². The van der Waals surface area contributed by atoms with Gasteiger partial charge in [0.05, 0.1) is 28.1 Å². The minimum atomic E-state index is -1.09. The molecular formula is C19H16Cl2FN3O2. The number of carbonyl (C=O) groups excluding carboxylic acids is 1. The number of para-hydroxylation sites is 1. The molecule has 3 aromatic rings. The maximum atomic E-state index is 13.5. The summed E-state index contributed by atoms with van der Waals surface area (Å²) in [6.07, 6.45) is -1.09. The summed E-state index contributed by atoms with van der Waals surface area (Å²) >= 11 is 12.0. The maximum Gasteiger partial charge on any atom is 0.256 e. The fourth-order valence-corrected chi connectivity index (χ4v) is 3.09. The molecule has 0 spiro atoms. The van der Waals surface area contributed by atoms with E-state index in [1.165, 1.54) is 16.8 Å². The van der Waals surface area contributed by atoms with Gasteiger partial charge in [-0.05, 0) is 36.8 Å². The highest BCUT2D eigenvalue weighted by atomic mass is 35.5. The Labute approximate surface area is 165 Å². The number of halogens is 3. The predicted molar refractivity (Wildman–Crippen MR) is 102 cm³/mol. The van der Waals surface area contributed by atoms with E-state index in [1.807, 2.05) is 30.3 Å². The summed E-state index contributed by atoms with van der Waals surface area (Å²) < 4.78 is 15.0. The van der Waals surface area contributed by atoms with Crippen LogP contribution in [0.4, 0.5) is 4.39 Å². The topological polar surface area (TPSA) is 67.2 Å². The molecule has 0 fully saturated rings. The third kappa shape index (κ3) is 4.13. The van der Waals surface area contributed by atoms with Gasteiger partial charge in [0.1, 0.15) is 11.0 Å². The lowest BCUT2D eigenvalue weighted by Gasteiger charge is -2.13. The first-order valence-corrected chi connectivity index (χ1v) is 8.86. The van der Waals surface area contributed by atoms with Gasteiger partial charge in [0, 0.05) is 6.54 Å². The molecule has 8 heteroatoms. The molecule has 140 valence electrons. The highest BCUT2D eigenvalue weighted by molar-refractivity contribution is 6.33. The van der Waals surface area contributed by atoms with E-state index >= 15 is 0 Å². The SMILES string of the molecule is Cc1nn(-c2ccccc2)c(Cl)c1C(=O)NC[C@@H](O)c1ccc(Cl)c(F)c1. The maximum absolute atomic E-state index is 13.5. The summed E-state index contributed by atoms with van der Waals surface area (Å²) in [6.45, 7) is 1.55. The normalized spacial score (nSPS) is 12.0. The minimum Gasteiger partial charge on any atom is -0.387 e. The molecule has 27 heavy (non-hydrogen) atoms. The van der Waals surface area contributed by atoms with Crippen molar-refractivity contribution < 1.29 is 14.3 Å². The number of hydrogen-bond acceptors (Lipinski definition) is 3. The highest BCUT2D eigenvalue weighted by Crippen LogP contribution is 2.24. The first-order chi connectivity index (χ1) is 12.9. The third-order valence-electron chi connectivity index (χ3n) is 4.02. The lowest BCUT2D eigenvalue weighted by atomic mass is 10.1. The Kier molecular flexibility index (Phi) is 5.79. The first-order valence-electron chi connectivity index (χ1n) is 8.10. The Hall–Kier alpha value is -2.41. The van der Waals surface area contributed by atoms with Gasteiger partial charge in [0.2, 0.25) is 0 Å². The van der Waals surface area contributed by atoms with E-state index in [0.29, 0.717) is 11.3 Å². The van der Waals surface area contributed by atoms with Crippen molar-refractivity contribution in [1.29, 1.82) is 0 Å². The van der Waals surface area contributed by atoms with Gasteiger partial charge in [-0.2, -0.15) is 5.10 Å². The summed E-state index contributed by atoms with van der Waals surface area (Å²) in [7, 11) is 0. The van der Waals surface area contributed by atoms with E-state index in [9.17, 15) is 14.3 Å². The Morgan fingerprint density at radius 2 is 1.96 bits per heavy atom. The molecule has 5 nitrogen and oxygen atoms in total. The fraction of sp³-hybridized carbons (Fsp3) is 0.158. The zero-order valence-corrected chi connectivity index (χ0v) is 15.8. The van der Waals surface area contributed by atoms with Crippen LogP contribution < -0.4 is 5.32 Å². The van der Waals surface area contributed by atoms with Crippen molar-refractivity contribution in [3.8, 4) is 5.69 Å². The summed E-state index contributed by atoms with van der Waals surface area (Å²) in [5.41, 5.74) is 1.70. The Morgan fingerprint density at radius 3 is 2.63 bits per heavy atom. The van der Waals surface area contributed by atoms with Crippen molar-refractivity contribution in [3.05, 3.63) is 81.3 Å². The largest absolute Gasteiger partial charge is 0.387 e. The van der Waals surface area contributed by atoms with Gasteiger partial charge in [-0.1, -0.05) is 47.5 Å². The molecule has 1 atom stereocenters. The van der Waals surface area contributed by atoms with E-state index < -0.39 is 17.8 Å². The number of rotatable bonds is 5. The quantitative estimate of drug-likeness (QED) is 0.669. The fourth-order valence-electron chi connectivity index (χ4n) is 2.61. The van der Waals surface area contributed by atoms with Gasteiger partial charge in [0.15, 0.2) is 0 Å². The van der Waals surface area contributed by atoms with Crippen LogP contribution >= 0.6 is 23.2 Å². The first kappa shape index (κ1) is 19.4. The zero-order valence-electron chi connectivity index (χ0n) is 14.3. The Balaban J connectivity index is 1.75. The summed E-state index contributed by atoms with van der Waals surface area (Å²) in [6, 6.07) is 13.1. The van der Waals surface area contributed by atoms with Crippen LogP contribution in [-0.2, 0) is 0 Å². The van der Waals surface area contributed by atoms with E-state index in [0.717, 1.165) is 11.8 Å². The van der Waals surface area contributed by atoms with Crippen molar-refractivity contribution in [2.75, 3.05) is 6.54 Å². The van der Waals surface area contributed by atoms with Crippen molar-refractivity contribution in [1.82, 2.24) is 15.1 Å². The number of nitrogens with one attached hydrogen (secondary N) is 1. The van der Waals surface area contributed by atoms with Crippen LogP contribution in [0, 0.1) is 12.7 Å². The van der Waals surface area contributed by atoms with Crippen LogP contribution in [0.3, 0.4) is 0 Å². The molecule has 1 amide bonds. The van der Waals surface area contributed by atoms with Crippen LogP contribution in [0.2, 0.25) is 10.2 Å². The second kappa shape index (κ2) is 8.08. The summed E-state index contributed by atoms with van der Waals surface area (Å²) in [5.74, 6) is -1.12. The molecule has 0 bridgehead atoms. The van der Waals surface area contributed by atoms with Crippen molar-refractivity contribution in [2.24, 2.45) is 0 Å². The van der Waals surface area contributed by atoms with Crippen molar-refractivity contribution in [2.45, 2.75) is 13.0 Å². The average Bonchev–Trinajstić information content (AvgIpc) is 2.96. The van der Waals surface area contributed by atoms with Crippen molar-refractivity contribution in [3.63, 3.8) is 0 Å². The molecule has 0 aliphatic heterocycles. The standard InChI is InChI=1S/C19H16Cl2FN3O2/c1-11-17(18(21)25(24-11)13-5-3-2-4-6-13)19(27)23-10-16(26)12-7-8-14(20)15(22)9-12/h2-9,16,26H,10H2,1H3,(H,23,27)/t16-/m1/s1. The molecule has 2 N–H and O–H groups in total. The number of amides is 1. The van der Waals surface area contributed by atoms with Gasteiger partial charge in [-0.3, -0.25) is 4.79 Å². The molecule has 0 saturated heterocycles. The number of aliphatic hydroxyl groups excluding tert-OH is 1. The van der Waals surface area contributed by atoms with Crippen LogP contribution in [0.15, 0.2) is 48.5 Å². The van der Waals surface area contributed by atoms with Crippen LogP contribution in [0.1, 0.15) is 27.7 Å². The van der Waals surface area contributed by atoms with E-state index in [4.69, 9.17) is 23.2 Å². The zero-order chi connectivity index (χ0) is 19.6. The number of aliphatic hydroxyl groups is 1. The van der Waals surface area contributed by atoms with Gasteiger partial charge in [-0.25, -0.2) is 9.07 Å². The molecule has 3 rings (SSSR count). The minimum absolute atomic E-state index is 0.0364. The van der Waals surface area contributed by atoms with Crippen LogP contribution in [-0.4, -0.2) is 27.3 Å². The molecule has 2 aromatic carbocycles. The van der Waals surface area contributed by atoms with Gasteiger partial charge in [0.25, 0.3) is 5.91 Å². The number of hydrogen-bond donors (Lipinski definition) is 2. The molecule has 0 aliphatic carbocycles. The van der Waals surface area contributed by atoms with E-state index in [1.54, 1.807) is 6.92 Å². The number of nitrogens with zero attached hydrogens (tertiary/aromatic N) is 2. The molecule has 0 aliphatic rings. The summed E-state index contributed by atoms with van der Waals surface area (Å²) in [4.78, 5) is 12.5. The Morgan fingerprint density at radius 1 is 1.26 bits per heavy atom. The smallest absolute Gasteiger partial charge is 0.256 e. The molecule has 0 saturated carbocycles. The van der Waals surface area contributed by atoms with Crippen LogP contribution in [0.5, 0.6) is 0 Å². The average molecular weight is 408 g/mol. The lowest BCUT2D eigenvalue weighted by molar-refractivity contribution is 0.0915. The molecule has 1 heterocycles. The number of aromatic nitrogens is 2. The van der Waals surface area contributed by atoms with E-state index in [-0.39, 0.29) is 22.3 Å². The third-order valence-corrected chi connectivity index (χ3v) is 4.67. The number of carbonyl (C=O) groups is 1. The molecule has 0 unspecified atom stereocenters. The number of benzene rings is 2. The molecular weight excluding hydrogens is 392 g/mol. The second-order valence-corrected chi connectivity index (χ2v) is 6.66. The Bertz CT molecular complexity index is 977. The van der Waals surface area contributed by atoms with Crippen LogP contribution in [0.25, 0.3) is 5.69 Å². The second-order valence-electron chi connectivity index (χ2n) is 5.90. The summed E-state index contributed by atoms with van der Waals surface area (Å²) in [5, 5.41) is 17.2. The van der Waals surface area contributed by atoms with E-state index in [2.05, 4.69) is 10.4 Å². The van der Waals surface area contributed by atoms with Gasteiger partial charge >= 0.3 is 0 Å². The van der Waals surface area contributed by atoms with Crippen molar-refractivity contribution >= 4 is 29.1 Å². The van der Waals surface area contributed by atoms with Gasteiger partial charge in [-0.15, -0.1) is 0 Å².